The molecule has 0 radical (unpaired) electrons. The molecule has 0 atom stereocenters. The van der Waals surface area contributed by atoms with Crippen molar-refractivity contribution in [2.75, 3.05) is 0 Å². The second kappa shape index (κ2) is 5.50. The van der Waals surface area contributed by atoms with Gasteiger partial charge in [0.15, 0.2) is 5.84 Å². The molecule has 1 aromatic rings. The third kappa shape index (κ3) is 3.46. The number of benzene rings is 1. The molecule has 6 N–H and O–H groups in total. The maximum atomic E-state index is 11.1. The van der Waals surface area contributed by atoms with Crippen LogP contribution in [0, 0.1) is 0 Å². The van der Waals surface area contributed by atoms with Crippen molar-refractivity contribution in [3.63, 3.8) is 0 Å². The number of primary amides is 1. The Morgan fingerprint density at radius 3 is 2.33 bits per heavy atom. The summed E-state index contributed by atoms with van der Waals surface area (Å²) in [7, 11) is 0. The second-order valence-electron chi connectivity index (χ2n) is 4.52. The van der Waals surface area contributed by atoms with Crippen molar-refractivity contribution in [1.82, 2.24) is 5.32 Å². The molecule has 1 amide bonds. The van der Waals surface area contributed by atoms with E-state index >= 15 is 0 Å². The van der Waals surface area contributed by atoms with E-state index in [4.69, 9.17) is 16.7 Å². The maximum absolute atomic E-state index is 11.1. The number of carbonyl (C=O) groups excluding carboxylic acids is 1. The third-order valence-corrected chi connectivity index (χ3v) is 2.71. The van der Waals surface area contributed by atoms with Gasteiger partial charge in [-0.3, -0.25) is 10.1 Å². The van der Waals surface area contributed by atoms with Crippen LogP contribution in [-0.2, 0) is 11.3 Å². The highest BCUT2D eigenvalue weighted by molar-refractivity contribution is 5.96. The third-order valence-electron chi connectivity index (χ3n) is 2.71. The Kier molecular flexibility index (Phi) is 4.28. The minimum absolute atomic E-state index is 0.0620. The Bertz CT molecular complexity index is 452. The van der Waals surface area contributed by atoms with E-state index < -0.39 is 11.4 Å². The summed E-state index contributed by atoms with van der Waals surface area (Å²) in [4.78, 5) is 11.1. The quantitative estimate of drug-likeness (QED) is 0.257. The van der Waals surface area contributed by atoms with Gasteiger partial charge < -0.3 is 16.7 Å². The normalized spacial score (nSPS) is 12.4. The monoisotopic (exact) mass is 250 g/mol. The van der Waals surface area contributed by atoms with Crippen molar-refractivity contribution < 1.29 is 10.0 Å². The lowest BCUT2D eigenvalue weighted by Crippen LogP contribution is -2.50. The maximum Gasteiger partial charge on any atom is 0.237 e. The van der Waals surface area contributed by atoms with E-state index in [2.05, 4.69) is 10.5 Å². The molecule has 1 rings (SSSR count). The van der Waals surface area contributed by atoms with Crippen LogP contribution in [0.15, 0.2) is 29.4 Å². The molecule has 0 aromatic heterocycles. The minimum atomic E-state index is -0.760. The predicted octanol–water partition coefficient (Wildman–Crippen LogP) is 0.135. The van der Waals surface area contributed by atoms with Gasteiger partial charge in [-0.05, 0) is 19.4 Å². The zero-order valence-corrected chi connectivity index (χ0v) is 10.5. The number of amidine groups is 1. The van der Waals surface area contributed by atoms with E-state index in [0.717, 1.165) is 5.56 Å². The summed E-state index contributed by atoms with van der Waals surface area (Å²) in [5, 5.41) is 14.5. The molecule has 98 valence electrons. The molecule has 0 saturated heterocycles. The van der Waals surface area contributed by atoms with Gasteiger partial charge in [-0.2, -0.15) is 0 Å². The number of oxime groups is 1. The molecular formula is C12H18N4O2. The Labute approximate surface area is 106 Å². The average molecular weight is 250 g/mol. The van der Waals surface area contributed by atoms with E-state index in [-0.39, 0.29) is 5.84 Å². The van der Waals surface area contributed by atoms with Crippen molar-refractivity contribution in [3.05, 3.63) is 35.4 Å². The van der Waals surface area contributed by atoms with Gasteiger partial charge in [0.2, 0.25) is 5.91 Å². The average Bonchev–Trinajstić information content (AvgIpc) is 2.36. The van der Waals surface area contributed by atoms with Gasteiger partial charge in [0.1, 0.15) is 0 Å². The number of nitrogens with zero attached hydrogens (tertiary/aromatic N) is 1. The highest BCUT2D eigenvalue weighted by Crippen LogP contribution is 2.07. The molecule has 0 aliphatic rings. The van der Waals surface area contributed by atoms with E-state index in [1.54, 1.807) is 26.0 Å². The number of rotatable bonds is 5. The molecule has 0 heterocycles. The molecule has 1 aromatic carbocycles. The van der Waals surface area contributed by atoms with Crippen molar-refractivity contribution in [2.45, 2.75) is 25.9 Å². The summed E-state index contributed by atoms with van der Waals surface area (Å²) in [5.41, 5.74) is 11.6. The number of nitrogens with two attached hydrogens (primary N) is 2. The van der Waals surface area contributed by atoms with Gasteiger partial charge in [-0.15, -0.1) is 0 Å². The fourth-order valence-electron chi connectivity index (χ4n) is 1.26. The summed E-state index contributed by atoms with van der Waals surface area (Å²) >= 11 is 0. The molecular weight excluding hydrogens is 232 g/mol. The van der Waals surface area contributed by atoms with Crippen LogP contribution in [-0.4, -0.2) is 22.5 Å². The van der Waals surface area contributed by atoms with Crippen LogP contribution < -0.4 is 16.8 Å². The molecule has 6 nitrogen and oxygen atoms in total. The number of hydrogen-bond donors (Lipinski definition) is 4. The number of nitrogens with one attached hydrogen (secondary N) is 1. The summed E-state index contributed by atoms with van der Waals surface area (Å²) in [5.74, 6) is -0.345. The Morgan fingerprint density at radius 1 is 1.33 bits per heavy atom. The van der Waals surface area contributed by atoms with Gasteiger partial charge >= 0.3 is 0 Å². The van der Waals surface area contributed by atoms with Crippen LogP contribution in [0.25, 0.3) is 0 Å². The lowest BCUT2D eigenvalue weighted by Gasteiger charge is -2.22. The zero-order valence-electron chi connectivity index (χ0n) is 10.5. The lowest BCUT2D eigenvalue weighted by molar-refractivity contribution is -0.123. The highest BCUT2D eigenvalue weighted by Gasteiger charge is 2.23. The summed E-state index contributed by atoms with van der Waals surface area (Å²) in [6, 6.07) is 7.14. The summed E-state index contributed by atoms with van der Waals surface area (Å²) in [6.07, 6.45) is 0. The van der Waals surface area contributed by atoms with Crippen LogP contribution in [0.3, 0.4) is 0 Å². The van der Waals surface area contributed by atoms with Crippen LogP contribution in [0.5, 0.6) is 0 Å². The minimum Gasteiger partial charge on any atom is -0.409 e. The van der Waals surface area contributed by atoms with Crippen molar-refractivity contribution >= 4 is 11.7 Å². The molecule has 0 unspecified atom stereocenters. The van der Waals surface area contributed by atoms with Gasteiger partial charge in [-0.1, -0.05) is 29.4 Å². The fraction of sp³-hybridized carbons (Fsp3) is 0.333. The molecule has 0 aliphatic heterocycles. The smallest absolute Gasteiger partial charge is 0.237 e. The number of carbonyl (C=O) groups is 1. The van der Waals surface area contributed by atoms with Gasteiger partial charge in [-0.25, -0.2) is 0 Å². The first-order valence-electron chi connectivity index (χ1n) is 5.48. The first-order chi connectivity index (χ1) is 8.36. The molecule has 0 saturated carbocycles. The first-order valence-corrected chi connectivity index (χ1v) is 5.48. The van der Waals surface area contributed by atoms with Crippen LogP contribution in [0.2, 0.25) is 0 Å². The van der Waals surface area contributed by atoms with E-state index in [1.807, 2.05) is 12.1 Å². The van der Waals surface area contributed by atoms with Gasteiger partial charge in [0.25, 0.3) is 0 Å². The van der Waals surface area contributed by atoms with Crippen molar-refractivity contribution in [3.8, 4) is 0 Å². The molecule has 6 heteroatoms. The van der Waals surface area contributed by atoms with Crippen LogP contribution in [0.4, 0.5) is 0 Å². The summed E-state index contributed by atoms with van der Waals surface area (Å²) in [6.45, 7) is 3.95. The standard InChI is InChI=1S/C12H18N4O2/c1-12(2,11(14)17)15-7-8-3-5-9(6-4-8)10(13)16-18/h3-6,15,18H,7H2,1-2H3,(H2,13,16)(H2,14,17). The SMILES string of the molecule is CC(C)(NCc1ccc(C(N)=NO)cc1)C(N)=O. The van der Waals surface area contributed by atoms with Crippen molar-refractivity contribution in [2.24, 2.45) is 16.6 Å². The van der Waals surface area contributed by atoms with Crippen molar-refractivity contribution in [1.29, 1.82) is 0 Å². The van der Waals surface area contributed by atoms with Crippen LogP contribution >= 0.6 is 0 Å². The van der Waals surface area contributed by atoms with E-state index in [9.17, 15) is 4.79 Å². The fourth-order valence-corrected chi connectivity index (χ4v) is 1.26. The molecule has 0 bridgehead atoms. The Hall–Kier alpha value is -2.08. The second-order valence-corrected chi connectivity index (χ2v) is 4.52. The molecule has 0 aliphatic carbocycles. The van der Waals surface area contributed by atoms with Gasteiger partial charge in [0.05, 0.1) is 5.54 Å². The lowest BCUT2D eigenvalue weighted by atomic mass is 10.0. The predicted molar refractivity (Wildman–Crippen MR) is 69.1 cm³/mol. The van der Waals surface area contributed by atoms with E-state index in [0.29, 0.717) is 12.1 Å². The van der Waals surface area contributed by atoms with E-state index in [1.165, 1.54) is 0 Å². The molecule has 0 spiro atoms. The summed E-state index contributed by atoms with van der Waals surface area (Å²) < 4.78 is 0. The van der Waals surface area contributed by atoms with Crippen LogP contribution in [0.1, 0.15) is 25.0 Å². The molecule has 18 heavy (non-hydrogen) atoms. The number of amides is 1. The number of hydrogen-bond acceptors (Lipinski definition) is 4. The zero-order chi connectivity index (χ0) is 13.8. The highest BCUT2D eigenvalue weighted by atomic mass is 16.4. The Balaban J connectivity index is 2.68. The first kappa shape index (κ1) is 14.0. The topological polar surface area (TPSA) is 114 Å². The van der Waals surface area contributed by atoms with Gasteiger partial charge in [0, 0.05) is 12.1 Å². The molecule has 0 fully saturated rings. The largest absolute Gasteiger partial charge is 0.409 e. The Morgan fingerprint density at radius 2 is 1.89 bits per heavy atom.